The summed E-state index contributed by atoms with van der Waals surface area (Å²) in [5.41, 5.74) is 8.96. The van der Waals surface area contributed by atoms with Crippen molar-refractivity contribution in [3.8, 4) is 0 Å². The predicted octanol–water partition coefficient (Wildman–Crippen LogP) is 3.69. The van der Waals surface area contributed by atoms with E-state index >= 15 is 0 Å². The van der Waals surface area contributed by atoms with E-state index in [-0.39, 0.29) is 5.66 Å². The largest absolute Gasteiger partial charge is 0.300 e. The number of ketones is 1. The van der Waals surface area contributed by atoms with Crippen molar-refractivity contribution >= 4 is 5.78 Å². The van der Waals surface area contributed by atoms with Gasteiger partial charge in [0.1, 0.15) is 11.4 Å². The minimum Gasteiger partial charge on any atom is -0.300 e. The standard InChI is InChI=1S/C10H14N2.C7H14O/c1-3-8-4-6-9(7-5-8)10(2)11-12-10;1-3-5-6-7(8)4-2/h4-7,11-12H,3H2,1-2H3;3-6H2,1-2H3. The van der Waals surface area contributed by atoms with E-state index in [1.54, 1.807) is 0 Å². The molecule has 1 aliphatic rings. The molecule has 0 spiro atoms. The number of unbranched alkanes of at least 4 members (excludes halogenated alkanes) is 1. The second kappa shape index (κ2) is 8.18. The Morgan fingerprint density at radius 2 is 1.70 bits per heavy atom. The van der Waals surface area contributed by atoms with Crippen molar-refractivity contribution in [3.63, 3.8) is 0 Å². The molecule has 0 aliphatic carbocycles. The van der Waals surface area contributed by atoms with Crippen LogP contribution in [0.5, 0.6) is 0 Å². The molecule has 0 aromatic heterocycles. The van der Waals surface area contributed by atoms with E-state index in [4.69, 9.17) is 0 Å². The van der Waals surface area contributed by atoms with Crippen LogP contribution in [0.3, 0.4) is 0 Å². The molecule has 2 N–H and O–H groups in total. The van der Waals surface area contributed by atoms with Crippen molar-refractivity contribution in [1.29, 1.82) is 0 Å². The highest BCUT2D eigenvalue weighted by Crippen LogP contribution is 2.24. The normalized spacial score (nSPS) is 15.2. The number of rotatable bonds is 6. The molecule has 0 atom stereocenters. The van der Waals surface area contributed by atoms with Crippen molar-refractivity contribution in [2.75, 3.05) is 0 Å². The monoisotopic (exact) mass is 276 g/mol. The van der Waals surface area contributed by atoms with Gasteiger partial charge in [0, 0.05) is 12.8 Å². The molecule has 3 heteroatoms. The minimum atomic E-state index is 0.0340. The number of nitrogens with one attached hydrogen (secondary N) is 2. The molecule has 0 radical (unpaired) electrons. The van der Waals surface area contributed by atoms with E-state index < -0.39 is 0 Å². The van der Waals surface area contributed by atoms with Crippen molar-refractivity contribution in [1.82, 2.24) is 10.9 Å². The molecule has 1 aromatic rings. The fourth-order valence-electron chi connectivity index (χ4n) is 1.86. The Balaban J connectivity index is 0.000000221. The summed E-state index contributed by atoms with van der Waals surface area (Å²) in [6.07, 6.45) is 4.79. The topological polar surface area (TPSA) is 61.0 Å². The summed E-state index contributed by atoms with van der Waals surface area (Å²) in [5, 5.41) is 0. The lowest BCUT2D eigenvalue weighted by molar-refractivity contribution is -0.118. The third kappa shape index (κ3) is 5.43. The molecule has 0 bridgehead atoms. The van der Waals surface area contributed by atoms with Crippen LogP contribution in [0, 0.1) is 0 Å². The Morgan fingerprint density at radius 3 is 2.10 bits per heavy atom. The predicted molar refractivity (Wildman–Crippen MR) is 84.3 cm³/mol. The van der Waals surface area contributed by atoms with Gasteiger partial charge >= 0.3 is 0 Å². The minimum absolute atomic E-state index is 0.0340. The van der Waals surface area contributed by atoms with Crippen molar-refractivity contribution in [3.05, 3.63) is 35.4 Å². The summed E-state index contributed by atoms with van der Waals surface area (Å²) in [7, 11) is 0. The lowest BCUT2D eigenvalue weighted by Crippen LogP contribution is -2.08. The van der Waals surface area contributed by atoms with Crippen molar-refractivity contribution in [2.24, 2.45) is 0 Å². The van der Waals surface area contributed by atoms with Crippen LogP contribution >= 0.6 is 0 Å². The van der Waals surface area contributed by atoms with Gasteiger partial charge < -0.3 is 0 Å². The van der Waals surface area contributed by atoms with E-state index in [9.17, 15) is 4.79 Å². The summed E-state index contributed by atoms with van der Waals surface area (Å²) in [6.45, 7) is 8.32. The Labute approximate surface area is 123 Å². The van der Waals surface area contributed by atoms with Crippen LogP contribution in [0.15, 0.2) is 24.3 Å². The Morgan fingerprint density at radius 1 is 1.10 bits per heavy atom. The molecule has 20 heavy (non-hydrogen) atoms. The van der Waals surface area contributed by atoms with Gasteiger partial charge in [-0.1, -0.05) is 51.5 Å². The molecule has 112 valence electrons. The van der Waals surface area contributed by atoms with Gasteiger partial charge in [-0.25, -0.2) is 10.9 Å². The van der Waals surface area contributed by atoms with Crippen LogP contribution in [0.25, 0.3) is 0 Å². The second-order valence-electron chi connectivity index (χ2n) is 5.42. The number of aryl methyl sites for hydroxylation is 1. The zero-order valence-corrected chi connectivity index (χ0v) is 13.3. The lowest BCUT2D eigenvalue weighted by atomic mass is 10.0. The number of carbonyl (C=O) groups excluding carboxylic acids is 1. The first-order valence-electron chi connectivity index (χ1n) is 7.71. The van der Waals surface area contributed by atoms with E-state index in [0.717, 1.165) is 25.7 Å². The zero-order chi connectivity index (χ0) is 15.0. The Kier molecular flexibility index (Phi) is 6.89. The summed E-state index contributed by atoms with van der Waals surface area (Å²) < 4.78 is 0. The lowest BCUT2D eigenvalue weighted by Gasteiger charge is -2.05. The summed E-state index contributed by atoms with van der Waals surface area (Å²) in [4.78, 5) is 10.6. The van der Waals surface area contributed by atoms with Gasteiger partial charge in [0.15, 0.2) is 0 Å². The molecule has 1 heterocycles. The van der Waals surface area contributed by atoms with Crippen molar-refractivity contribution in [2.45, 2.75) is 65.5 Å². The number of carbonyl (C=O) groups is 1. The average molecular weight is 276 g/mol. The molecule has 2 rings (SSSR count). The van der Waals surface area contributed by atoms with Crippen LogP contribution in [0.2, 0.25) is 0 Å². The zero-order valence-electron chi connectivity index (χ0n) is 13.3. The second-order valence-corrected chi connectivity index (χ2v) is 5.42. The van der Waals surface area contributed by atoms with Crippen LogP contribution in [-0.4, -0.2) is 5.78 Å². The first-order valence-corrected chi connectivity index (χ1v) is 7.71. The van der Waals surface area contributed by atoms with Crippen molar-refractivity contribution < 1.29 is 4.79 Å². The van der Waals surface area contributed by atoms with Gasteiger partial charge in [-0.3, -0.25) is 4.79 Å². The Bertz CT molecular complexity index is 408. The third-order valence-electron chi connectivity index (χ3n) is 3.64. The van der Waals surface area contributed by atoms with Gasteiger partial charge in [-0.2, -0.15) is 0 Å². The molecule has 1 fully saturated rings. The molecule has 1 aliphatic heterocycles. The van der Waals surface area contributed by atoms with Crippen LogP contribution in [0.1, 0.15) is 64.5 Å². The third-order valence-corrected chi connectivity index (χ3v) is 3.64. The summed E-state index contributed by atoms with van der Waals surface area (Å²) in [6, 6.07) is 8.71. The number of hydrogen-bond acceptors (Lipinski definition) is 3. The fraction of sp³-hybridized carbons (Fsp3) is 0.588. The van der Waals surface area contributed by atoms with Gasteiger partial charge in [0.25, 0.3) is 0 Å². The molecule has 0 amide bonds. The van der Waals surface area contributed by atoms with E-state index in [2.05, 4.69) is 55.9 Å². The molecule has 3 nitrogen and oxygen atoms in total. The number of hydrogen-bond donors (Lipinski definition) is 2. The van der Waals surface area contributed by atoms with E-state index in [0.29, 0.717) is 12.2 Å². The van der Waals surface area contributed by atoms with Gasteiger partial charge in [0.05, 0.1) is 0 Å². The molecule has 1 saturated heterocycles. The molecular weight excluding hydrogens is 248 g/mol. The highest BCUT2D eigenvalue weighted by Gasteiger charge is 2.37. The maximum Gasteiger partial charge on any atom is 0.132 e. The average Bonchev–Trinajstić information content (AvgIpc) is 3.24. The Hall–Kier alpha value is -1.19. The van der Waals surface area contributed by atoms with E-state index in [1.807, 2.05) is 6.92 Å². The molecule has 0 unspecified atom stereocenters. The van der Waals surface area contributed by atoms with E-state index in [1.165, 1.54) is 11.1 Å². The SMILES string of the molecule is CCCCC(=O)CC.CCc1ccc(C2(C)NN2)cc1. The number of benzene rings is 1. The van der Waals surface area contributed by atoms with Gasteiger partial charge in [-0.15, -0.1) is 0 Å². The summed E-state index contributed by atoms with van der Waals surface area (Å²) >= 11 is 0. The number of Topliss-reactive ketones (excluding diaryl/α,β-unsaturated/α-hetero) is 1. The smallest absolute Gasteiger partial charge is 0.132 e. The molecule has 1 aromatic carbocycles. The number of hydrazine groups is 1. The first kappa shape index (κ1) is 16.9. The van der Waals surface area contributed by atoms with Crippen LogP contribution in [0.4, 0.5) is 0 Å². The highest BCUT2D eigenvalue weighted by molar-refractivity contribution is 5.77. The first-order chi connectivity index (χ1) is 9.55. The van der Waals surface area contributed by atoms with Gasteiger partial charge in [0.2, 0.25) is 0 Å². The highest BCUT2D eigenvalue weighted by atomic mass is 16.1. The maximum absolute atomic E-state index is 10.6. The van der Waals surface area contributed by atoms with Gasteiger partial charge in [-0.05, 0) is 30.9 Å². The van der Waals surface area contributed by atoms with Crippen LogP contribution < -0.4 is 10.9 Å². The fourth-order valence-corrected chi connectivity index (χ4v) is 1.86. The summed E-state index contributed by atoms with van der Waals surface area (Å²) in [5.74, 6) is 0.395. The maximum atomic E-state index is 10.6. The molecular formula is C17H28N2O. The van der Waals surface area contributed by atoms with Crippen LogP contribution in [-0.2, 0) is 16.9 Å². The quantitative estimate of drug-likeness (QED) is 0.779. The molecule has 0 saturated carbocycles.